The molecule has 1 aliphatic heterocycles. The van der Waals surface area contributed by atoms with E-state index in [1.807, 2.05) is 60.4 Å². The zero-order valence-electron chi connectivity index (χ0n) is 20.0. The number of nitrogens with zero attached hydrogens (tertiary/aromatic N) is 2. The lowest BCUT2D eigenvalue weighted by Crippen LogP contribution is -2.49. The molecule has 1 fully saturated rings. The molecule has 7 heteroatoms. The Balaban J connectivity index is 1.54. The van der Waals surface area contributed by atoms with E-state index in [4.69, 9.17) is 4.74 Å². The zero-order chi connectivity index (χ0) is 24.8. The largest absolute Gasteiger partial charge is 0.462 e. The van der Waals surface area contributed by atoms with Crippen LogP contribution in [0.2, 0.25) is 0 Å². The van der Waals surface area contributed by atoms with Crippen molar-refractivity contribution in [1.82, 2.24) is 4.90 Å². The highest BCUT2D eigenvalue weighted by Gasteiger charge is 2.24. The van der Waals surface area contributed by atoms with Crippen LogP contribution in [0.3, 0.4) is 0 Å². The van der Waals surface area contributed by atoms with Crippen molar-refractivity contribution < 1.29 is 19.1 Å². The molecule has 180 valence electrons. The van der Waals surface area contributed by atoms with Crippen LogP contribution in [-0.2, 0) is 4.74 Å². The number of amides is 2. The van der Waals surface area contributed by atoms with Gasteiger partial charge >= 0.3 is 5.97 Å². The number of carbonyl (C=O) groups excluding carboxylic acids is 3. The molecule has 0 bridgehead atoms. The Morgan fingerprint density at radius 2 is 1.49 bits per heavy atom. The molecule has 3 aromatic carbocycles. The van der Waals surface area contributed by atoms with Crippen molar-refractivity contribution >= 4 is 29.2 Å². The Morgan fingerprint density at radius 3 is 2.14 bits per heavy atom. The van der Waals surface area contributed by atoms with Crippen LogP contribution in [0.4, 0.5) is 11.4 Å². The number of aryl methyl sites for hydroxylation is 1. The van der Waals surface area contributed by atoms with Crippen molar-refractivity contribution in [3.8, 4) is 0 Å². The molecule has 1 heterocycles. The normalized spacial score (nSPS) is 13.3. The molecule has 0 aliphatic carbocycles. The predicted octanol–water partition coefficient (Wildman–Crippen LogP) is 4.39. The Labute approximate surface area is 205 Å². The van der Waals surface area contributed by atoms with Gasteiger partial charge < -0.3 is 19.9 Å². The maximum absolute atomic E-state index is 13.0. The molecule has 0 aromatic heterocycles. The first-order valence-corrected chi connectivity index (χ1v) is 11.7. The number of esters is 1. The number of benzene rings is 3. The third-order valence-electron chi connectivity index (χ3n) is 6.00. The van der Waals surface area contributed by atoms with E-state index in [9.17, 15) is 14.4 Å². The van der Waals surface area contributed by atoms with Crippen LogP contribution in [0, 0.1) is 6.92 Å². The minimum absolute atomic E-state index is 0.0100. The summed E-state index contributed by atoms with van der Waals surface area (Å²) >= 11 is 0. The molecular formula is C28H29N3O4. The lowest BCUT2D eigenvalue weighted by Gasteiger charge is -2.37. The van der Waals surface area contributed by atoms with E-state index in [1.165, 1.54) is 0 Å². The van der Waals surface area contributed by atoms with Gasteiger partial charge in [0, 0.05) is 37.3 Å². The highest BCUT2D eigenvalue weighted by Crippen LogP contribution is 2.29. The number of ether oxygens (including phenoxy) is 1. The van der Waals surface area contributed by atoms with Gasteiger partial charge in [0.1, 0.15) is 0 Å². The molecule has 35 heavy (non-hydrogen) atoms. The van der Waals surface area contributed by atoms with Crippen LogP contribution < -0.4 is 10.2 Å². The van der Waals surface area contributed by atoms with Crippen molar-refractivity contribution in [2.45, 2.75) is 13.8 Å². The molecular weight excluding hydrogens is 442 g/mol. The maximum Gasteiger partial charge on any atom is 0.338 e. The van der Waals surface area contributed by atoms with Crippen molar-refractivity contribution in [1.29, 1.82) is 0 Å². The number of hydrogen-bond acceptors (Lipinski definition) is 5. The van der Waals surface area contributed by atoms with Gasteiger partial charge in [0.2, 0.25) is 0 Å². The predicted molar refractivity (Wildman–Crippen MR) is 136 cm³/mol. The van der Waals surface area contributed by atoms with E-state index in [1.54, 1.807) is 31.2 Å². The van der Waals surface area contributed by atoms with Crippen molar-refractivity contribution in [3.63, 3.8) is 0 Å². The van der Waals surface area contributed by atoms with E-state index in [0.717, 1.165) is 11.3 Å². The number of hydrogen-bond donors (Lipinski definition) is 1. The molecule has 2 amide bonds. The van der Waals surface area contributed by atoms with Gasteiger partial charge in [0.05, 0.1) is 23.5 Å². The average molecular weight is 472 g/mol. The smallest absolute Gasteiger partial charge is 0.338 e. The molecule has 0 radical (unpaired) electrons. The van der Waals surface area contributed by atoms with Gasteiger partial charge in [0.25, 0.3) is 11.8 Å². The van der Waals surface area contributed by atoms with E-state index < -0.39 is 5.97 Å². The first-order valence-electron chi connectivity index (χ1n) is 11.7. The third kappa shape index (κ3) is 5.69. The van der Waals surface area contributed by atoms with E-state index >= 15 is 0 Å². The molecule has 3 aromatic rings. The number of carbonyl (C=O) groups is 3. The zero-order valence-corrected chi connectivity index (χ0v) is 20.0. The summed E-state index contributed by atoms with van der Waals surface area (Å²) in [6.07, 6.45) is 0. The molecule has 0 unspecified atom stereocenters. The standard InChI is InChI=1S/C28H29N3O4/c1-3-35-28(34)23-13-14-25(24(19-23)29-26(32)21-11-9-20(2)10-12-21)30-15-17-31(18-16-30)27(33)22-7-5-4-6-8-22/h4-14,19H,3,15-18H2,1-2H3,(H,29,32). The summed E-state index contributed by atoms with van der Waals surface area (Å²) in [5.41, 5.74) is 3.96. The van der Waals surface area contributed by atoms with Gasteiger partial charge in [0.15, 0.2) is 0 Å². The SMILES string of the molecule is CCOC(=O)c1ccc(N2CCN(C(=O)c3ccccc3)CC2)c(NC(=O)c2ccc(C)cc2)c1. The second-order valence-corrected chi connectivity index (χ2v) is 8.42. The van der Waals surface area contributed by atoms with Crippen LogP contribution in [0.25, 0.3) is 0 Å². The summed E-state index contributed by atoms with van der Waals surface area (Å²) in [5, 5.41) is 2.97. The second-order valence-electron chi connectivity index (χ2n) is 8.42. The van der Waals surface area contributed by atoms with E-state index in [0.29, 0.717) is 48.6 Å². The number of anilines is 2. The summed E-state index contributed by atoms with van der Waals surface area (Å²) in [7, 11) is 0. The van der Waals surface area contributed by atoms with Gasteiger partial charge in [-0.1, -0.05) is 35.9 Å². The molecule has 1 aliphatic rings. The van der Waals surface area contributed by atoms with Gasteiger partial charge in [-0.15, -0.1) is 0 Å². The first-order chi connectivity index (χ1) is 17.0. The lowest BCUT2D eigenvalue weighted by atomic mass is 10.1. The van der Waals surface area contributed by atoms with Gasteiger partial charge in [-0.3, -0.25) is 9.59 Å². The fourth-order valence-electron chi connectivity index (χ4n) is 4.07. The second kappa shape index (κ2) is 10.9. The quantitative estimate of drug-likeness (QED) is 0.540. The maximum atomic E-state index is 13.0. The highest BCUT2D eigenvalue weighted by atomic mass is 16.5. The minimum atomic E-state index is -0.442. The molecule has 0 atom stereocenters. The molecule has 4 rings (SSSR count). The van der Waals surface area contributed by atoms with Crippen molar-refractivity contribution in [3.05, 3.63) is 95.1 Å². The number of rotatable bonds is 6. The van der Waals surface area contributed by atoms with Crippen LogP contribution in [0.15, 0.2) is 72.8 Å². The Bertz CT molecular complexity index is 1200. The van der Waals surface area contributed by atoms with Crippen LogP contribution in [0.1, 0.15) is 43.6 Å². The van der Waals surface area contributed by atoms with Crippen molar-refractivity contribution in [2.24, 2.45) is 0 Å². The summed E-state index contributed by atoms with van der Waals surface area (Å²) in [6.45, 7) is 6.29. The third-order valence-corrected chi connectivity index (χ3v) is 6.00. The fourth-order valence-corrected chi connectivity index (χ4v) is 4.07. The average Bonchev–Trinajstić information content (AvgIpc) is 2.89. The van der Waals surface area contributed by atoms with Crippen LogP contribution in [-0.4, -0.2) is 55.5 Å². The molecule has 0 saturated carbocycles. The Kier molecular flexibility index (Phi) is 7.45. The number of piperazine rings is 1. The molecule has 1 N–H and O–H groups in total. The topological polar surface area (TPSA) is 79.0 Å². The van der Waals surface area contributed by atoms with Gasteiger partial charge in [-0.25, -0.2) is 4.79 Å². The molecule has 0 spiro atoms. The summed E-state index contributed by atoms with van der Waals surface area (Å²) in [4.78, 5) is 42.1. The summed E-state index contributed by atoms with van der Waals surface area (Å²) in [6, 6.07) is 21.7. The van der Waals surface area contributed by atoms with E-state index in [-0.39, 0.29) is 18.4 Å². The van der Waals surface area contributed by atoms with E-state index in [2.05, 4.69) is 10.2 Å². The first kappa shape index (κ1) is 24.0. The number of nitrogens with one attached hydrogen (secondary N) is 1. The summed E-state index contributed by atoms with van der Waals surface area (Å²) in [5.74, 6) is -0.691. The highest BCUT2D eigenvalue weighted by molar-refractivity contribution is 6.07. The van der Waals surface area contributed by atoms with Gasteiger partial charge in [-0.05, 0) is 56.3 Å². The molecule has 1 saturated heterocycles. The molecule has 7 nitrogen and oxygen atoms in total. The Morgan fingerprint density at radius 1 is 0.829 bits per heavy atom. The summed E-state index contributed by atoms with van der Waals surface area (Å²) < 4.78 is 5.14. The monoisotopic (exact) mass is 471 g/mol. The fraction of sp³-hybridized carbons (Fsp3) is 0.250. The van der Waals surface area contributed by atoms with Crippen LogP contribution in [0.5, 0.6) is 0 Å². The lowest BCUT2D eigenvalue weighted by molar-refractivity contribution is 0.0526. The Hall–Kier alpha value is -4.13. The van der Waals surface area contributed by atoms with Crippen LogP contribution >= 0.6 is 0 Å². The van der Waals surface area contributed by atoms with Crippen molar-refractivity contribution in [2.75, 3.05) is 43.0 Å². The van der Waals surface area contributed by atoms with Gasteiger partial charge in [-0.2, -0.15) is 0 Å². The minimum Gasteiger partial charge on any atom is -0.462 e.